The van der Waals surface area contributed by atoms with Gasteiger partial charge >= 0.3 is 11.9 Å². The van der Waals surface area contributed by atoms with Crippen molar-refractivity contribution in [3.05, 3.63) is 65.9 Å². The molecular weight excluding hydrogens is 294 g/mol. The number of carbonyl (C=O) groups is 2. The van der Waals surface area contributed by atoms with Gasteiger partial charge in [0.05, 0.1) is 18.4 Å². The lowest BCUT2D eigenvalue weighted by molar-refractivity contribution is 0.0602. The monoisotopic (exact) mass is 307 g/mol. The molecule has 0 spiro atoms. The van der Waals surface area contributed by atoms with Crippen molar-refractivity contribution in [1.82, 2.24) is 4.98 Å². The molecule has 5 nitrogen and oxygen atoms in total. The molecular formula is C18H13NO4. The molecule has 0 saturated heterocycles. The predicted molar refractivity (Wildman–Crippen MR) is 85.5 cm³/mol. The number of pyridine rings is 1. The van der Waals surface area contributed by atoms with Gasteiger partial charge in [0.2, 0.25) is 0 Å². The summed E-state index contributed by atoms with van der Waals surface area (Å²) in [7, 11) is 1.34. The Morgan fingerprint density at radius 2 is 1.83 bits per heavy atom. The van der Waals surface area contributed by atoms with E-state index in [0.717, 1.165) is 16.3 Å². The van der Waals surface area contributed by atoms with Crippen LogP contribution in [-0.4, -0.2) is 29.1 Å². The van der Waals surface area contributed by atoms with Crippen LogP contribution in [0.2, 0.25) is 0 Å². The molecule has 0 amide bonds. The highest BCUT2D eigenvalue weighted by atomic mass is 16.5. The lowest BCUT2D eigenvalue weighted by atomic mass is 10.0. The minimum Gasteiger partial charge on any atom is -0.477 e. The summed E-state index contributed by atoms with van der Waals surface area (Å²) >= 11 is 0. The molecule has 114 valence electrons. The summed E-state index contributed by atoms with van der Waals surface area (Å²) in [6.45, 7) is 0. The Labute approximate surface area is 132 Å². The molecule has 0 aliphatic rings. The molecule has 2 aromatic carbocycles. The van der Waals surface area contributed by atoms with E-state index in [1.165, 1.54) is 13.2 Å². The minimum absolute atomic E-state index is 0.0242. The highest BCUT2D eigenvalue weighted by Gasteiger charge is 2.12. The van der Waals surface area contributed by atoms with Crippen LogP contribution in [0.25, 0.3) is 22.0 Å². The van der Waals surface area contributed by atoms with Crippen molar-refractivity contribution < 1.29 is 19.4 Å². The third kappa shape index (κ3) is 2.76. The fourth-order valence-electron chi connectivity index (χ4n) is 2.43. The van der Waals surface area contributed by atoms with E-state index in [0.29, 0.717) is 11.3 Å². The topological polar surface area (TPSA) is 76.5 Å². The van der Waals surface area contributed by atoms with Crippen molar-refractivity contribution in [2.75, 3.05) is 7.11 Å². The first-order chi connectivity index (χ1) is 11.1. The summed E-state index contributed by atoms with van der Waals surface area (Å²) in [6, 6.07) is 15.7. The number of hydrogen-bond donors (Lipinski definition) is 1. The zero-order valence-corrected chi connectivity index (χ0v) is 12.3. The maximum absolute atomic E-state index is 11.9. The Hall–Kier alpha value is -3.21. The van der Waals surface area contributed by atoms with Gasteiger partial charge < -0.3 is 9.84 Å². The molecule has 0 atom stereocenters. The Morgan fingerprint density at radius 3 is 2.57 bits per heavy atom. The normalized spacial score (nSPS) is 10.5. The number of rotatable bonds is 3. The molecule has 0 unspecified atom stereocenters. The van der Waals surface area contributed by atoms with E-state index >= 15 is 0 Å². The Bertz CT molecular complexity index is 918. The molecule has 0 saturated carbocycles. The molecule has 5 heteroatoms. The van der Waals surface area contributed by atoms with Gasteiger partial charge in [0.25, 0.3) is 0 Å². The number of nitrogens with zero attached hydrogens (tertiary/aromatic N) is 1. The van der Waals surface area contributed by atoms with Crippen LogP contribution in [0.15, 0.2) is 54.6 Å². The molecule has 3 aromatic rings. The molecule has 23 heavy (non-hydrogen) atoms. The van der Waals surface area contributed by atoms with Gasteiger partial charge in [0.15, 0.2) is 0 Å². The highest BCUT2D eigenvalue weighted by molar-refractivity contribution is 6.05. The fourth-order valence-corrected chi connectivity index (χ4v) is 2.43. The SMILES string of the molecule is COC(=O)c1cccc2ccc(-c3cccc(C(=O)O)n3)cc12. The second-order valence-corrected chi connectivity index (χ2v) is 4.95. The lowest BCUT2D eigenvalue weighted by Crippen LogP contribution is -2.02. The number of aromatic nitrogens is 1. The summed E-state index contributed by atoms with van der Waals surface area (Å²) in [4.78, 5) is 27.1. The van der Waals surface area contributed by atoms with Crippen molar-refractivity contribution in [3.63, 3.8) is 0 Å². The molecule has 0 aliphatic carbocycles. The van der Waals surface area contributed by atoms with Gasteiger partial charge in [-0.15, -0.1) is 0 Å². The number of methoxy groups -OCH3 is 1. The largest absolute Gasteiger partial charge is 0.477 e. The van der Waals surface area contributed by atoms with Crippen molar-refractivity contribution >= 4 is 22.7 Å². The van der Waals surface area contributed by atoms with Crippen LogP contribution in [0, 0.1) is 0 Å². The molecule has 1 N–H and O–H groups in total. The second-order valence-electron chi connectivity index (χ2n) is 4.95. The second kappa shape index (κ2) is 5.88. The van der Waals surface area contributed by atoms with Gasteiger partial charge in [0.1, 0.15) is 5.69 Å². The number of carboxylic acids is 1. The van der Waals surface area contributed by atoms with Gasteiger partial charge in [-0.2, -0.15) is 0 Å². The van der Waals surface area contributed by atoms with Crippen molar-refractivity contribution in [2.24, 2.45) is 0 Å². The molecule has 0 radical (unpaired) electrons. The average Bonchev–Trinajstić information content (AvgIpc) is 2.60. The molecule has 0 bridgehead atoms. The number of ether oxygens (including phenoxy) is 1. The smallest absolute Gasteiger partial charge is 0.354 e. The first-order valence-corrected chi connectivity index (χ1v) is 6.92. The summed E-state index contributed by atoms with van der Waals surface area (Å²) in [5.41, 5.74) is 1.70. The number of hydrogen-bond acceptors (Lipinski definition) is 4. The van der Waals surface area contributed by atoms with Gasteiger partial charge in [-0.1, -0.05) is 30.3 Å². The van der Waals surface area contributed by atoms with Crippen molar-refractivity contribution in [3.8, 4) is 11.3 Å². The maximum Gasteiger partial charge on any atom is 0.354 e. The highest BCUT2D eigenvalue weighted by Crippen LogP contribution is 2.26. The van der Waals surface area contributed by atoms with E-state index in [1.807, 2.05) is 24.3 Å². The molecule has 0 aliphatic heterocycles. The Morgan fingerprint density at radius 1 is 1.04 bits per heavy atom. The van der Waals surface area contributed by atoms with Crippen LogP contribution < -0.4 is 0 Å². The lowest BCUT2D eigenvalue weighted by Gasteiger charge is -2.08. The van der Waals surface area contributed by atoms with E-state index in [2.05, 4.69) is 4.98 Å². The zero-order chi connectivity index (χ0) is 16.4. The maximum atomic E-state index is 11.9. The van der Waals surface area contributed by atoms with E-state index in [-0.39, 0.29) is 5.69 Å². The van der Waals surface area contributed by atoms with Crippen LogP contribution in [-0.2, 0) is 4.74 Å². The number of esters is 1. The van der Waals surface area contributed by atoms with Crippen LogP contribution >= 0.6 is 0 Å². The number of benzene rings is 2. The quantitative estimate of drug-likeness (QED) is 0.751. The molecule has 1 aromatic heterocycles. The predicted octanol–water partition coefficient (Wildman–Crippen LogP) is 3.39. The van der Waals surface area contributed by atoms with Gasteiger partial charge in [-0.25, -0.2) is 14.6 Å². The summed E-state index contributed by atoms with van der Waals surface area (Å²) in [5.74, 6) is -1.50. The van der Waals surface area contributed by atoms with E-state index in [1.54, 1.807) is 24.3 Å². The van der Waals surface area contributed by atoms with Crippen LogP contribution in [0.1, 0.15) is 20.8 Å². The van der Waals surface area contributed by atoms with Gasteiger partial charge in [-0.3, -0.25) is 0 Å². The number of fused-ring (bicyclic) bond motifs is 1. The Kier molecular flexibility index (Phi) is 3.76. The van der Waals surface area contributed by atoms with Crippen LogP contribution in [0.3, 0.4) is 0 Å². The first-order valence-electron chi connectivity index (χ1n) is 6.92. The van der Waals surface area contributed by atoms with E-state index < -0.39 is 11.9 Å². The molecule has 3 rings (SSSR count). The third-order valence-electron chi connectivity index (χ3n) is 3.55. The van der Waals surface area contributed by atoms with Crippen LogP contribution in [0.4, 0.5) is 0 Å². The number of aromatic carboxylic acids is 1. The Balaban J connectivity index is 2.18. The number of carboxylic acid groups (broad SMARTS) is 1. The zero-order valence-electron chi connectivity index (χ0n) is 12.3. The van der Waals surface area contributed by atoms with E-state index in [9.17, 15) is 9.59 Å². The fraction of sp³-hybridized carbons (Fsp3) is 0.0556. The van der Waals surface area contributed by atoms with Gasteiger partial charge in [0, 0.05) is 5.56 Å². The standard InChI is InChI=1S/C18H13NO4/c1-23-18(22)13-5-2-4-11-8-9-12(10-14(11)13)15-6-3-7-16(19-15)17(20)21/h2-10H,1H3,(H,20,21). The first kappa shape index (κ1) is 14.7. The average molecular weight is 307 g/mol. The summed E-state index contributed by atoms with van der Waals surface area (Å²) in [6.07, 6.45) is 0. The molecule has 0 fully saturated rings. The number of carbonyl (C=O) groups excluding carboxylic acids is 1. The van der Waals surface area contributed by atoms with Crippen LogP contribution in [0.5, 0.6) is 0 Å². The third-order valence-corrected chi connectivity index (χ3v) is 3.55. The van der Waals surface area contributed by atoms with Crippen molar-refractivity contribution in [2.45, 2.75) is 0 Å². The molecule has 1 heterocycles. The summed E-state index contributed by atoms with van der Waals surface area (Å²) in [5, 5.41) is 10.7. The minimum atomic E-state index is -1.08. The van der Waals surface area contributed by atoms with Crippen molar-refractivity contribution in [1.29, 1.82) is 0 Å². The van der Waals surface area contributed by atoms with Gasteiger partial charge in [-0.05, 0) is 35.0 Å². The summed E-state index contributed by atoms with van der Waals surface area (Å²) < 4.78 is 4.81. The van der Waals surface area contributed by atoms with E-state index in [4.69, 9.17) is 9.84 Å².